The van der Waals surface area contributed by atoms with Gasteiger partial charge in [0.15, 0.2) is 5.65 Å². The average molecular weight is 559 g/mol. The fraction of sp³-hybridized carbons (Fsp3) is 0.0606. The van der Waals surface area contributed by atoms with Crippen LogP contribution < -0.4 is 5.32 Å². The second-order valence-electron chi connectivity index (χ2n) is 9.57. The highest BCUT2D eigenvalue weighted by molar-refractivity contribution is 7.92. The van der Waals surface area contributed by atoms with Crippen molar-refractivity contribution in [2.24, 2.45) is 0 Å². The third-order valence-electron chi connectivity index (χ3n) is 6.91. The van der Waals surface area contributed by atoms with E-state index in [2.05, 4.69) is 5.32 Å². The average Bonchev–Trinajstić information content (AvgIpc) is 3.32. The van der Waals surface area contributed by atoms with Gasteiger partial charge in [0, 0.05) is 6.08 Å². The third kappa shape index (κ3) is 5.01. The standard InChI is InChI=1S/C33H26N4O3S/c1-23(25-15-7-3-8-16-25)37-32-30(34-27-19-11-12-20-28(27)35-32)31(41(39,40)26-17-9-4-10-18-26)33(37)36-29(38)22-21-24-13-5-2-6-14-24/h2-23H,1H3,(H,36,38)/b22-21+/t23-/m0/s1. The first kappa shape index (κ1) is 26.2. The van der Waals surface area contributed by atoms with Crippen molar-refractivity contribution in [1.29, 1.82) is 0 Å². The van der Waals surface area contributed by atoms with Crippen LogP contribution in [0.4, 0.5) is 5.82 Å². The quantitative estimate of drug-likeness (QED) is 0.221. The van der Waals surface area contributed by atoms with Gasteiger partial charge >= 0.3 is 0 Å². The van der Waals surface area contributed by atoms with Gasteiger partial charge in [-0.25, -0.2) is 18.4 Å². The summed E-state index contributed by atoms with van der Waals surface area (Å²) in [6, 6.07) is 34.2. The maximum atomic E-state index is 14.3. The number of sulfone groups is 1. The van der Waals surface area contributed by atoms with E-state index >= 15 is 0 Å². The van der Waals surface area contributed by atoms with Gasteiger partial charge < -0.3 is 9.88 Å². The number of nitrogens with zero attached hydrogens (tertiary/aromatic N) is 3. The van der Waals surface area contributed by atoms with Gasteiger partial charge in [-0.1, -0.05) is 91.0 Å². The Morgan fingerprint density at radius 2 is 1.34 bits per heavy atom. The molecule has 1 amide bonds. The summed E-state index contributed by atoms with van der Waals surface area (Å²) in [5.74, 6) is -0.370. The molecular weight excluding hydrogens is 532 g/mol. The van der Waals surface area contributed by atoms with Crippen LogP contribution >= 0.6 is 0 Å². The van der Waals surface area contributed by atoms with Crippen molar-refractivity contribution < 1.29 is 13.2 Å². The fourth-order valence-electron chi connectivity index (χ4n) is 4.88. The second kappa shape index (κ2) is 10.8. The Labute approximate surface area is 237 Å². The highest BCUT2D eigenvalue weighted by Gasteiger charge is 2.33. The minimum Gasteiger partial charge on any atom is -0.307 e. The largest absolute Gasteiger partial charge is 0.307 e. The zero-order valence-electron chi connectivity index (χ0n) is 22.2. The number of nitrogens with one attached hydrogen (secondary N) is 1. The predicted molar refractivity (Wildman–Crippen MR) is 161 cm³/mol. The maximum absolute atomic E-state index is 14.3. The summed E-state index contributed by atoms with van der Waals surface area (Å²) in [7, 11) is -4.13. The molecule has 0 unspecified atom stereocenters. The van der Waals surface area contributed by atoms with E-state index in [1.807, 2.05) is 85.8 Å². The normalized spacial score (nSPS) is 12.6. The molecule has 0 saturated carbocycles. The lowest BCUT2D eigenvalue weighted by molar-refractivity contribution is -0.111. The van der Waals surface area contributed by atoms with Crippen molar-refractivity contribution in [3.8, 4) is 0 Å². The van der Waals surface area contributed by atoms with Crippen molar-refractivity contribution in [2.45, 2.75) is 22.8 Å². The molecule has 0 spiro atoms. The number of anilines is 1. The molecule has 41 heavy (non-hydrogen) atoms. The molecule has 1 N–H and O–H groups in total. The highest BCUT2D eigenvalue weighted by Crippen LogP contribution is 2.40. The van der Waals surface area contributed by atoms with E-state index in [9.17, 15) is 13.2 Å². The number of hydrogen-bond donors (Lipinski definition) is 1. The Balaban J connectivity index is 1.63. The number of aromatic nitrogens is 3. The van der Waals surface area contributed by atoms with Gasteiger partial charge in [0.1, 0.15) is 16.2 Å². The molecule has 6 aromatic rings. The van der Waals surface area contributed by atoms with Crippen LogP contribution in [0.15, 0.2) is 131 Å². The van der Waals surface area contributed by atoms with E-state index in [0.29, 0.717) is 16.7 Å². The van der Waals surface area contributed by atoms with Gasteiger partial charge in [-0.15, -0.1) is 0 Å². The first-order chi connectivity index (χ1) is 19.9. The van der Waals surface area contributed by atoms with Crippen LogP contribution in [0.3, 0.4) is 0 Å². The van der Waals surface area contributed by atoms with E-state index in [1.54, 1.807) is 34.9 Å². The minimum atomic E-state index is -4.13. The lowest BCUT2D eigenvalue weighted by atomic mass is 10.1. The topological polar surface area (TPSA) is 94.0 Å². The van der Waals surface area contributed by atoms with Crippen molar-refractivity contribution in [3.05, 3.63) is 132 Å². The zero-order chi connectivity index (χ0) is 28.4. The Kier molecular flexibility index (Phi) is 6.91. The molecule has 0 aliphatic heterocycles. The van der Waals surface area contributed by atoms with E-state index in [1.165, 1.54) is 18.2 Å². The number of para-hydroxylation sites is 2. The fourth-order valence-corrected chi connectivity index (χ4v) is 6.43. The molecule has 2 heterocycles. The molecule has 7 nitrogen and oxygen atoms in total. The Hall–Kier alpha value is -5.08. The lowest BCUT2D eigenvalue weighted by Gasteiger charge is -2.19. The van der Waals surface area contributed by atoms with E-state index in [0.717, 1.165) is 11.1 Å². The molecule has 0 saturated heterocycles. The molecule has 0 bridgehead atoms. The summed E-state index contributed by atoms with van der Waals surface area (Å²) in [6.45, 7) is 1.94. The molecule has 4 aromatic carbocycles. The Morgan fingerprint density at radius 1 is 0.780 bits per heavy atom. The van der Waals surface area contributed by atoms with Gasteiger partial charge in [-0.2, -0.15) is 0 Å². The number of amides is 1. The molecule has 202 valence electrons. The Bertz CT molecular complexity index is 2000. The van der Waals surface area contributed by atoms with Gasteiger partial charge in [0.25, 0.3) is 0 Å². The molecule has 6 rings (SSSR count). The van der Waals surface area contributed by atoms with Gasteiger partial charge in [0.2, 0.25) is 15.7 Å². The summed E-state index contributed by atoms with van der Waals surface area (Å²) in [6.07, 6.45) is 3.07. The first-order valence-corrected chi connectivity index (χ1v) is 14.6. The van der Waals surface area contributed by atoms with E-state index < -0.39 is 15.7 Å². The summed E-state index contributed by atoms with van der Waals surface area (Å²) >= 11 is 0. The number of carbonyl (C=O) groups excluding carboxylic acids is 1. The molecule has 0 radical (unpaired) electrons. The summed E-state index contributed by atoms with van der Waals surface area (Å²) in [5.41, 5.74) is 3.47. The predicted octanol–water partition coefficient (Wildman–Crippen LogP) is 6.68. The lowest BCUT2D eigenvalue weighted by Crippen LogP contribution is -2.18. The van der Waals surface area contributed by atoms with Gasteiger partial charge in [0.05, 0.1) is 22.0 Å². The van der Waals surface area contributed by atoms with Crippen molar-refractivity contribution in [3.63, 3.8) is 0 Å². The van der Waals surface area contributed by atoms with Crippen molar-refractivity contribution >= 4 is 49.8 Å². The SMILES string of the molecule is C[C@@H](c1ccccc1)n1c(NC(=O)/C=C/c2ccccc2)c(S(=O)(=O)c2ccccc2)c2nc3ccccc3nc21. The van der Waals surface area contributed by atoms with E-state index in [4.69, 9.17) is 9.97 Å². The number of benzene rings is 4. The molecule has 8 heteroatoms. The highest BCUT2D eigenvalue weighted by atomic mass is 32.2. The molecule has 1 atom stereocenters. The van der Waals surface area contributed by atoms with Crippen LogP contribution in [-0.2, 0) is 14.6 Å². The van der Waals surface area contributed by atoms with Crippen LogP contribution in [0.1, 0.15) is 24.1 Å². The third-order valence-corrected chi connectivity index (χ3v) is 8.73. The van der Waals surface area contributed by atoms with Crippen LogP contribution in [0.2, 0.25) is 0 Å². The number of fused-ring (bicyclic) bond motifs is 2. The minimum absolute atomic E-state index is 0.0942. The molecule has 0 aliphatic carbocycles. The van der Waals surface area contributed by atoms with Gasteiger partial charge in [-0.05, 0) is 48.4 Å². The summed E-state index contributed by atoms with van der Waals surface area (Å²) in [4.78, 5) is 23.1. The number of carbonyl (C=O) groups is 1. The van der Waals surface area contributed by atoms with E-state index in [-0.39, 0.29) is 27.2 Å². The molecular formula is C33H26N4O3S. The molecule has 0 aliphatic rings. The molecule has 2 aromatic heterocycles. The maximum Gasteiger partial charge on any atom is 0.249 e. The number of hydrogen-bond acceptors (Lipinski definition) is 5. The summed E-state index contributed by atoms with van der Waals surface area (Å²) < 4.78 is 30.3. The van der Waals surface area contributed by atoms with Crippen molar-refractivity contribution in [1.82, 2.24) is 14.5 Å². The van der Waals surface area contributed by atoms with Gasteiger partial charge in [-0.3, -0.25) is 4.79 Å². The Morgan fingerprint density at radius 3 is 2.00 bits per heavy atom. The smallest absolute Gasteiger partial charge is 0.249 e. The first-order valence-electron chi connectivity index (χ1n) is 13.1. The number of rotatable bonds is 7. The van der Waals surface area contributed by atoms with Crippen molar-refractivity contribution in [2.75, 3.05) is 5.32 Å². The monoisotopic (exact) mass is 558 g/mol. The zero-order valence-corrected chi connectivity index (χ0v) is 23.0. The van der Waals surface area contributed by atoms with Crippen LogP contribution in [0.25, 0.3) is 28.3 Å². The van der Waals surface area contributed by atoms with Crippen LogP contribution in [0.5, 0.6) is 0 Å². The van der Waals surface area contributed by atoms with Crippen LogP contribution in [-0.4, -0.2) is 28.9 Å². The van der Waals surface area contributed by atoms with Crippen LogP contribution in [0, 0.1) is 0 Å². The molecule has 0 fully saturated rings. The summed E-state index contributed by atoms with van der Waals surface area (Å²) in [5, 5.41) is 2.90. The second-order valence-corrected chi connectivity index (χ2v) is 11.5.